The minimum atomic E-state index is -0.820. The van der Waals surface area contributed by atoms with Gasteiger partial charge >= 0.3 is 5.97 Å². The molecule has 0 aromatic rings. The Labute approximate surface area is 102 Å². The number of aliphatic hydroxyl groups is 1. The lowest BCUT2D eigenvalue weighted by molar-refractivity contribution is -0.157. The van der Waals surface area contributed by atoms with Gasteiger partial charge in [-0.2, -0.15) is 0 Å². The number of hydrogen-bond acceptors (Lipinski definition) is 5. The van der Waals surface area contributed by atoms with Gasteiger partial charge in [-0.1, -0.05) is 0 Å². The topological polar surface area (TPSA) is 67.8 Å². The third-order valence-electron chi connectivity index (χ3n) is 2.85. The van der Waals surface area contributed by atoms with E-state index < -0.39 is 5.41 Å². The van der Waals surface area contributed by atoms with Crippen LogP contribution in [-0.4, -0.2) is 49.6 Å². The molecule has 1 heterocycles. The van der Waals surface area contributed by atoms with Crippen LogP contribution in [0, 0.1) is 5.41 Å². The number of esters is 1. The Morgan fingerprint density at radius 1 is 1.53 bits per heavy atom. The maximum Gasteiger partial charge on any atom is 0.313 e. The van der Waals surface area contributed by atoms with Crippen LogP contribution >= 0.6 is 0 Å². The second-order valence-corrected chi connectivity index (χ2v) is 5.19. The quantitative estimate of drug-likeness (QED) is 0.683. The molecule has 5 nitrogen and oxygen atoms in total. The fraction of sp³-hybridized carbons (Fsp3) is 0.917. The van der Waals surface area contributed by atoms with E-state index in [0.29, 0.717) is 13.0 Å². The van der Waals surface area contributed by atoms with Crippen LogP contribution in [0.4, 0.5) is 0 Å². The zero-order valence-corrected chi connectivity index (χ0v) is 10.9. The predicted octanol–water partition coefficient (Wildman–Crippen LogP) is 0.315. The van der Waals surface area contributed by atoms with E-state index in [-0.39, 0.29) is 24.8 Å². The van der Waals surface area contributed by atoms with Crippen molar-refractivity contribution >= 4 is 5.97 Å². The predicted molar refractivity (Wildman–Crippen MR) is 63.6 cm³/mol. The van der Waals surface area contributed by atoms with Crippen molar-refractivity contribution in [3.05, 3.63) is 0 Å². The van der Waals surface area contributed by atoms with Gasteiger partial charge in [0, 0.05) is 19.5 Å². The van der Waals surface area contributed by atoms with E-state index in [9.17, 15) is 4.79 Å². The lowest BCUT2D eigenvalue weighted by atomic mass is 9.95. The molecule has 0 bridgehead atoms. The van der Waals surface area contributed by atoms with Crippen LogP contribution in [0.3, 0.4) is 0 Å². The number of morpholine rings is 1. The van der Waals surface area contributed by atoms with E-state index >= 15 is 0 Å². The Morgan fingerprint density at radius 3 is 2.82 bits per heavy atom. The maximum absolute atomic E-state index is 11.6. The zero-order valence-electron chi connectivity index (χ0n) is 10.9. The van der Waals surface area contributed by atoms with Gasteiger partial charge in [0.15, 0.2) is 0 Å². The third kappa shape index (κ3) is 4.61. The Hall–Kier alpha value is -0.650. The summed E-state index contributed by atoms with van der Waals surface area (Å²) in [6.45, 7) is 7.14. The summed E-state index contributed by atoms with van der Waals surface area (Å²) in [5.74, 6) is -0.364. The number of hydrogen-bond donors (Lipinski definition) is 2. The molecule has 0 aromatic heterocycles. The van der Waals surface area contributed by atoms with Gasteiger partial charge in [-0.05, 0) is 20.8 Å². The average Bonchev–Trinajstić information content (AvgIpc) is 2.29. The summed E-state index contributed by atoms with van der Waals surface area (Å²) in [4.78, 5) is 11.6. The normalized spacial score (nSPS) is 25.6. The molecule has 1 rings (SSSR count). The minimum Gasteiger partial charge on any atom is -0.465 e. The molecule has 2 N–H and O–H groups in total. The first kappa shape index (κ1) is 14.4. The van der Waals surface area contributed by atoms with E-state index in [1.54, 1.807) is 13.8 Å². The van der Waals surface area contributed by atoms with Gasteiger partial charge in [0.1, 0.15) is 0 Å². The SMILES string of the molecule is C[C@@H]1CNCC(CCOC(=O)C(C)(C)CO)O1. The molecule has 1 fully saturated rings. The van der Waals surface area contributed by atoms with Crippen molar-refractivity contribution in [2.75, 3.05) is 26.3 Å². The summed E-state index contributed by atoms with van der Waals surface area (Å²) < 4.78 is 10.8. The summed E-state index contributed by atoms with van der Waals surface area (Å²) in [6.07, 6.45) is 0.993. The molecule has 1 aliphatic heterocycles. The summed E-state index contributed by atoms with van der Waals surface area (Å²) in [6, 6.07) is 0. The molecule has 1 unspecified atom stereocenters. The number of carbonyl (C=O) groups is 1. The highest BCUT2D eigenvalue weighted by atomic mass is 16.5. The summed E-state index contributed by atoms with van der Waals surface area (Å²) in [5, 5.41) is 12.3. The molecule has 0 radical (unpaired) electrons. The van der Waals surface area contributed by atoms with Gasteiger partial charge in [-0.3, -0.25) is 4.79 Å². The molecule has 2 atom stereocenters. The Balaban J connectivity index is 2.21. The van der Waals surface area contributed by atoms with Gasteiger partial charge in [0.25, 0.3) is 0 Å². The van der Waals surface area contributed by atoms with Crippen molar-refractivity contribution in [1.82, 2.24) is 5.32 Å². The summed E-state index contributed by atoms with van der Waals surface area (Å²) >= 11 is 0. The van der Waals surface area contributed by atoms with Crippen molar-refractivity contribution < 1.29 is 19.4 Å². The van der Waals surface area contributed by atoms with Crippen LogP contribution in [0.2, 0.25) is 0 Å². The Bertz CT molecular complexity index is 255. The summed E-state index contributed by atoms with van der Waals surface area (Å²) in [5.41, 5.74) is -0.820. The Kier molecular flexibility index (Phi) is 5.36. The smallest absolute Gasteiger partial charge is 0.313 e. The highest BCUT2D eigenvalue weighted by molar-refractivity contribution is 5.75. The maximum atomic E-state index is 11.6. The van der Waals surface area contributed by atoms with Crippen molar-refractivity contribution in [2.24, 2.45) is 5.41 Å². The van der Waals surface area contributed by atoms with Crippen LogP contribution in [0.25, 0.3) is 0 Å². The minimum absolute atomic E-state index is 0.101. The lowest BCUT2D eigenvalue weighted by Crippen LogP contribution is -2.44. The molecule has 0 amide bonds. The van der Waals surface area contributed by atoms with Crippen LogP contribution in [0.15, 0.2) is 0 Å². The molecule has 100 valence electrons. The van der Waals surface area contributed by atoms with Crippen LogP contribution < -0.4 is 5.32 Å². The van der Waals surface area contributed by atoms with Crippen LogP contribution in [-0.2, 0) is 14.3 Å². The van der Waals surface area contributed by atoms with Gasteiger partial charge in [-0.25, -0.2) is 0 Å². The molecular formula is C12H23NO4. The number of aliphatic hydroxyl groups excluding tert-OH is 1. The molecule has 0 saturated carbocycles. The largest absolute Gasteiger partial charge is 0.465 e. The monoisotopic (exact) mass is 245 g/mol. The molecule has 17 heavy (non-hydrogen) atoms. The second-order valence-electron chi connectivity index (χ2n) is 5.19. The van der Waals surface area contributed by atoms with Crippen LogP contribution in [0.1, 0.15) is 27.2 Å². The number of rotatable bonds is 5. The lowest BCUT2D eigenvalue weighted by Gasteiger charge is -2.29. The number of nitrogens with one attached hydrogen (secondary N) is 1. The highest BCUT2D eigenvalue weighted by Crippen LogP contribution is 2.16. The first-order valence-electron chi connectivity index (χ1n) is 6.10. The highest BCUT2D eigenvalue weighted by Gasteiger charge is 2.28. The zero-order chi connectivity index (χ0) is 12.9. The average molecular weight is 245 g/mol. The van der Waals surface area contributed by atoms with E-state index in [1.165, 1.54) is 0 Å². The first-order chi connectivity index (χ1) is 7.95. The fourth-order valence-corrected chi connectivity index (χ4v) is 1.59. The van der Waals surface area contributed by atoms with Crippen molar-refractivity contribution in [2.45, 2.75) is 39.4 Å². The van der Waals surface area contributed by atoms with E-state index in [0.717, 1.165) is 13.1 Å². The standard InChI is InChI=1S/C12H23NO4/c1-9-6-13-7-10(17-9)4-5-16-11(15)12(2,3)8-14/h9-10,13-14H,4-8H2,1-3H3/t9-,10?/m1/s1. The van der Waals surface area contributed by atoms with E-state index in [2.05, 4.69) is 5.32 Å². The van der Waals surface area contributed by atoms with Crippen LogP contribution in [0.5, 0.6) is 0 Å². The number of carbonyl (C=O) groups excluding carboxylic acids is 1. The molecule has 1 aliphatic rings. The molecule has 1 saturated heterocycles. The molecular weight excluding hydrogens is 222 g/mol. The molecule has 0 aromatic carbocycles. The second kappa shape index (κ2) is 6.33. The van der Waals surface area contributed by atoms with Crippen molar-refractivity contribution in [3.63, 3.8) is 0 Å². The van der Waals surface area contributed by atoms with Crippen molar-refractivity contribution in [3.8, 4) is 0 Å². The van der Waals surface area contributed by atoms with Gasteiger partial charge < -0.3 is 19.9 Å². The molecule has 0 spiro atoms. The van der Waals surface area contributed by atoms with Crippen molar-refractivity contribution in [1.29, 1.82) is 0 Å². The molecule has 5 heteroatoms. The van der Waals surface area contributed by atoms with Gasteiger partial charge in [0.05, 0.1) is 30.8 Å². The van der Waals surface area contributed by atoms with E-state index in [4.69, 9.17) is 14.6 Å². The first-order valence-corrected chi connectivity index (χ1v) is 6.10. The summed E-state index contributed by atoms with van der Waals surface area (Å²) in [7, 11) is 0. The third-order valence-corrected chi connectivity index (χ3v) is 2.85. The number of ether oxygens (including phenoxy) is 2. The van der Waals surface area contributed by atoms with Gasteiger partial charge in [-0.15, -0.1) is 0 Å². The van der Waals surface area contributed by atoms with E-state index in [1.807, 2.05) is 6.92 Å². The Morgan fingerprint density at radius 2 is 2.24 bits per heavy atom. The fourth-order valence-electron chi connectivity index (χ4n) is 1.59. The van der Waals surface area contributed by atoms with Gasteiger partial charge in [0.2, 0.25) is 0 Å². The molecule has 0 aliphatic carbocycles.